The van der Waals surface area contributed by atoms with Crippen LogP contribution in [0.4, 0.5) is 5.69 Å². The first-order valence-electron chi connectivity index (χ1n) is 10.2. The van der Waals surface area contributed by atoms with Gasteiger partial charge in [0.25, 0.3) is 5.56 Å². The van der Waals surface area contributed by atoms with Gasteiger partial charge in [0.1, 0.15) is 11.4 Å². The van der Waals surface area contributed by atoms with Gasteiger partial charge in [-0.15, -0.1) is 0 Å². The molecule has 0 atom stereocenters. The average Bonchev–Trinajstić information content (AvgIpc) is 2.79. The van der Waals surface area contributed by atoms with Crippen molar-refractivity contribution in [1.29, 1.82) is 0 Å². The highest BCUT2D eigenvalue weighted by atomic mass is 16.5. The van der Waals surface area contributed by atoms with Crippen molar-refractivity contribution in [2.75, 3.05) is 38.2 Å². The Morgan fingerprint density at radius 2 is 1.73 bits per heavy atom. The molecular formula is C23H26N4O3. The first kappa shape index (κ1) is 19.9. The van der Waals surface area contributed by atoms with E-state index in [-0.39, 0.29) is 11.5 Å². The fourth-order valence-corrected chi connectivity index (χ4v) is 3.91. The number of piperazine rings is 1. The number of benzene rings is 2. The molecule has 4 rings (SSSR count). The van der Waals surface area contributed by atoms with Crippen LogP contribution >= 0.6 is 0 Å². The maximum atomic E-state index is 12.8. The van der Waals surface area contributed by atoms with Gasteiger partial charge in [0.15, 0.2) is 0 Å². The summed E-state index contributed by atoms with van der Waals surface area (Å²) < 4.78 is 6.88. The van der Waals surface area contributed by atoms with Gasteiger partial charge in [-0.05, 0) is 43.3 Å². The molecule has 1 fully saturated rings. The summed E-state index contributed by atoms with van der Waals surface area (Å²) in [5.41, 5.74) is 2.99. The normalized spacial score (nSPS) is 14.2. The van der Waals surface area contributed by atoms with E-state index in [1.54, 1.807) is 18.6 Å². The molecule has 1 saturated heterocycles. The molecule has 0 aliphatic carbocycles. The Kier molecular flexibility index (Phi) is 5.70. The molecule has 7 nitrogen and oxygen atoms in total. The minimum absolute atomic E-state index is 0.0785. The molecule has 2 aromatic carbocycles. The van der Waals surface area contributed by atoms with Gasteiger partial charge in [0.2, 0.25) is 5.91 Å². The number of aromatic nitrogens is 2. The minimum atomic E-state index is -0.133. The summed E-state index contributed by atoms with van der Waals surface area (Å²) in [6, 6.07) is 15.5. The SMILES string of the molecule is COc1ccc(N2CCN(C(=O)CCn3c(=O)c(C)nc4ccccc43)CC2)cc1. The lowest BCUT2D eigenvalue weighted by Gasteiger charge is -2.36. The molecule has 0 radical (unpaired) electrons. The predicted octanol–water partition coefficient (Wildman–Crippen LogP) is 2.45. The topological polar surface area (TPSA) is 67.7 Å². The number of carbonyl (C=O) groups is 1. The van der Waals surface area contributed by atoms with Crippen LogP contribution in [0.25, 0.3) is 11.0 Å². The van der Waals surface area contributed by atoms with Crippen molar-refractivity contribution in [2.45, 2.75) is 19.9 Å². The summed E-state index contributed by atoms with van der Waals surface area (Å²) in [7, 11) is 1.66. The van der Waals surface area contributed by atoms with Crippen LogP contribution < -0.4 is 15.2 Å². The summed E-state index contributed by atoms with van der Waals surface area (Å²) in [6.45, 7) is 5.00. The van der Waals surface area contributed by atoms with Crippen LogP contribution in [0.3, 0.4) is 0 Å². The lowest BCUT2D eigenvalue weighted by Crippen LogP contribution is -2.49. The summed E-state index contributed by atoms with van der Waals surface area (Å²) in [6.07, 6.45) is 0.301. The van der Waals surface area contributed by atoms with Crippen molar-refractivity contribution in [3.63, 3.8) is 0 Å². The van der Waals surface area contributed by atoms with Gasteiger partial charge in [0, 0.05) is 44.8 Å². The number of amides is 1. The van der Waals surface area contributed by atoms with E-state index >= 15 is 0 Å². The molecule has 30 heavy (non-hydrogen) atoms. The second-order valence-corrected chi connectivity index (χ2v) is 7.46. The van der Waals surface area contributed by atoms with Crippen LogP contribution in [0.2, 0.25) is 0 Å². The number of hydrogen-bond acceptors (Lipinski definition) is 5. The standard InChI is InChI=1S/C23H26N4O3/c1-17-23(29)27(21-6-4-3-5-20(21)24-17)12-11-22(28)26-15-13-25(14-16-26)18-7-9-19(30-2)10-8-18/h3-10H,11-16H2,1-2H3. The van der Waals surface area contributed by atoms with Crippen molar-refractivity contribution in [3.8, 4) is 5.75 Å². The molecule has 3 aromatic rings. The second-order valence-electron chi connectivity index (χ2n) is 7.46. The Balaban J connectivity index is 1.38. The van der Waals surface area contributed by atoms with Gasteiger partial charge in [0.05, 0.1) is 18.1 Å². The van der Waals surface area contributed by atoms with Crippen molar-refractivity contribution < 1.29 is 9.53 Å². The molecule has 0 bridgehead atoms. The number of nitrogens with zero attached hydrogens (tertiary/aromatic N) is 4. The van der Waals surface area contributed by atoms with E-state index in [9.17, 15) is 9.59 Å². The first-order chi connectivity index (χ1) is 14.6. The summed E-state index contributed by atoms with van der Waals surface area (Å²) in [5.74, 6) is 0.913. The van der Waals surface area contributed by atoms with Crippen LogP contribution in [-0.4, -0.2) is 53.6 Å². The van der Waals surface area contributed by atoms with Crippen molar-refractivity contribution in [2.24, 2.45) is 0 Å². The van der Waals surface area contributed by atoms with E-state index in [0.29, 0.717) is 31.7 Å². The zero-order valence-electron chi connectivity index (χ0n) is 17.4. The highest BCUT2D eigenvalue weighted by Gasteiger charge is 2.21. The third-order valence-electron chi connectivity index (χ3n) is 5.63. The molecule has 0 saturated carbocycles. The number of ether oxygens (including phenoxy) is 1. The molecule has 0 N–H and O–H groups in total. The number of anilines is 1. The Bertz CT molecular complexity index is 1100. The quantitative estimate of drug-likeness (QED) is 0.651. The number of aryl methyl sites for hydroxylation is 2. The Morgan fingerprint density at radius 1 is 1.03 bits per heavy atom. The van der Waals surface area contributed by atoms with Crippen molar-refractivity contribution in [1.82, 2.24) is 14.5 Å². The Hall–Kier alpha value is -3.35. The smallest absolute Gasteiger partial charge is 0.272 e. The highest BCUT2D eigenvalue weighted by Crippen LogP contribution is 2.20. The fourth-order valence-electron chi connectivity index (χ4n) is 3.91. The van der Waals surface area contributed by atoms with E-state index in [1.165, 1.54) is 0 Å². The molecule has 7 heteroatoms. The average molecular weight is 406 g/mol. The van der Waals surface area contributed by atoms with E-state index in [0.717, 1.165) is 35.6 Å². The molecule has 0 spiro atoms. The fraction of sp³-hybridized carbons (Fsp3) is 0.348. The van der Waals surface area contributed by atoms with E-state index in [2.05, 4.69) is 9.88 Å². The lowest BCUT2D eigenvalue weighted by atomic mass is 10.2. The summed E-state index contributed by atoms with van der Waals surface area (Å²) in [5, 5.41) is 0. The van der Waals surface area contributed by atoms with Gasteiger partial charge in [-0.25, -0.2) is 4.98 Å². The van der Waals surface area contributed by atoms with Crippen LogP contribution in [0, 0.1) is 6.92 Å². The van der Waals surface area contributed by atoms with Gasteiger partial charge in [-0.3, -0.25) is 9.59 Å². The van der Waals surface area contributed by atoms with Crippen LogP contribution in [0.1, 0.15) is 12.1 Å². The highest BCUT2D eigenvalue weighted by molar-refractivity contribution is 5.77. The Labute approximate surface area is 175 Å². The molecule has 2 heterocycles. The second kappa shape index (κ2) is 8.57. The van der Waals surface area contributed by atoms with Gasteiger partial charge in [-0.1, -0.05) is 12.1 Å². The number of hydrogen-bond donors (Lipinski definition) is 0. The maximum absolute atomic E-state index is 12.8. The molecule has 156 valence electrons. The summed E-state index contributed by atoms with van der Waals surface area (Å²) in [4.78, 5) is 33.9. The number of para-hydroxylation sites is 2. The molecule has 1 aliphatic rings. The van der Waals surface area contributed by atoms with Crippen LogP contribution in [0.15, 0.2) is 53.3 Å². The third-order valence-corrected chi connectivity index (χ3v) is 5.63. The zero-order chi connectivity index (χ0) is 21.1. The molecule has 1 aromatic heterocycles. The zero-order valence-corrected chi connectivity index (χ0v) is 17.4. The summed E-state index contributed by atoms with van der Waals surface area (Å²) >= 11 is 0. The Morgan fingerprint density at radius 3 is 2.43 bits per heavy atom. The molecule has 1 aliphatic heterocycles. The number of carbonyl (C=O) groups excluding carboxylic acids is 1. The van der Waals surface area contributed by atoms with Gasteiger partial charge < -0.3 is 19.1 Å². The largest absolute Gasteiger partial charge is 0.497 e. The van der Waals surface area contributed by atoms with Crippen molar-refractivity contribution >= 4 is 22.6 Å². The number of rotatable bonds is 5. The van der Waals surface area contributed by atoms with E-state index < -0.39 is 0 Å². The van der Waals surface area contributed by atoms with Crippen molar-refractivity contribution in [3.05, 3.63) is 64.6 Å². The van der Waals surface area contributed by atoms with E-state index in [1.807, 2.05) is 53.4 Å². The molecule has 0 unspecified atom stereocenters. The third kappa shape index (κ3) is 4.01. The minimum Gasteiger partial charge on any atom is -0.497 e. The van der Waals surface area contributed by atoms with Crippen LogP contribution in [0.5, 0.6) is 5.75 Å². The molecular weight excluding hydrogens is 380 g/mol. The predicted molar refractivity (Wildman–Crippen MR) is 117 cm³/mol. The van der Waals surface area contributed by atoms with E-state index in [4.69, 9.17) is 4.74 Å². The number of fused-ring (bicyclic) bond motifs is 1. The monoisotopic (exact) mass is 406 g/mol. The lowest BCUT2D eigenvalue weighted by molar-refractivity contribution is -0.131. The first-order valence-corrected chi connectivity index (χ1v) is 10.2. The number of methoxy groups -OCH3 is 1. The van der Waals surface area contributed by atoms with Crippen LogP contribution in [-0.2, 0) is 11.3 Å². The molecule has 1 amide bonds. The van der Waals surface area contributed by atoms with Gasteiger partial charge in [-0.2, -0.15) is 0 Å². The van der Waals surface area contributed by atoms with Gasteiger partial charge >= 0.3 is 0 Å². The maximum Gasteiger partial charge on any atom is 0.272 e.